The minimum Gasteiger partial charge on any atom is -0.396 e. The van der Waals surface area contributed by atoms with Crippen molar-refractivity contribution in [3.8, 4) is 0 Å². The number of aliphatic hydroxyl groups is 1. The predicted molar refractivity (Wildman–Crippen MR) is 68.6 cm³/mol. The molecule has 98 valence electrons. The number of nitrogens with one attached hydrogen (secondary N) is 1. The molecule has 0 aliphatic carbocycles. The first-order valence-corrected chi connectivity index (χ1v) is 6.26. The molecule has 3 nitrogen and oxygen atoms in total. The Balaban J connectivity index is 3.70. The molecule has 0 aliphatic rings. The highest BCUT2D eigenvalue weighted by molar-refractivity contribution is 4.72. The number of methoxy groups -OCH3 is 1. The Kier molecular flexibility index (Phi) is 7.98. The highest BCUT2D eigenvalue weighted by atomic mass is 16.5. The van der Waals surface area contributed by atoms with Crippen LogP contribution in [0.5, 0.6) is 0 Å². The maximum absolute atomic E-state index is 9.13. The van der Waals surface area contributed by atoms with Crippen LogP contribution in [-0.4, -0.2) is 38.0 Å². The minimum absolute atomic E-state index is 0.0518. The van der Waals surface area contributed by atoms with Gasteiger partial charge in [-0.15, -0.1) is 0 Å². The molecule has 0 aromatic heterocycles. The summed E-state index contributed by atoms with van der Waals surface area (Å²) in [6.45, 7) is 10.6. The average molecular weight is 231 g/mol. The molecular weight excluding hydrogens is 202 g/mol. The van der Waals surface area contributed by atoms with Crippen LogP contribution in [0.4, 0.5) is 0 Å². The SMILES string of the molecule is COCC(NCCCC(C)(C)CO)C(C)C. The van der Waals surface area contributed by atoms with E-state index in [0.717, 1.165) is 26.0 Å². The van der Waals surface area contributed by atoms with Crippen molar-refractivity contribution in [1.82, 2.24) is 5.32 Å². The molecule has 3 heteroatoms. The lowest BCUT2D eigenvalue weighted by Crippen LogP contribution is -2.38. The van der Waals surface area contributed by atoms with Gasteiger partial charge in [-0.2, -0.15) is 0 Å². The second-order valence-electron chi connectivity index (χ2n) is 5.69. The minimum atomic E-state index is 0.0518. The fourth-order valence-electron chi connectivity index (χ4n) is 1.60. The van der Waals surface area contributed by atoms with Crippen LogP contribution in [0.25, 0.3) is 0 Å². The lowest BCUT2D eigenvalue weighted by atomic mass is 9.89. The topological polar surface area (TPSA) is 41.5 Å². The molecular formula is C13H29NO2. The Hall–Kier alpha value is -0.120. The molecule has 2 N–H and O–H groups in total. The fourth-order valence-corrected chi connectivity index (χ4v) is 1.60. The molecule has 16 heavy (non-hydrogen) atoms. The number of hydrogen-bond donors (Lipinski definition) is 2. The second-order valence-corrected chi connectivity index (χ2v) is 5.69. The molecule has 0 rings (SSSR count). The van der Waals surface area contributed by atoms with Gasteiger partial charge in [-0.1, -0.05) is 27.7 Å². The van der Waals surface area contributed by atoms with Crippen LogP contribution >= 0.6 is 0 Å². The Morgan fingerprint density at radius 3 is 2.38 bits per heavy atom. The van der Waals surface area contributed by atoms with Gasteiger partial charge in [0, 0.05) is 19.8 Å². The van der Waals surface area contributed by atoms with Gasteiger partial charge in [0.25, 0.3) is 0 Å². The molecule has 0 aliphatic heterocycles. The van der Waals surface area contributed by atoms with Crippen molar-refractivity contribution < 1.29 is 9.84 Å². The van der Waals surface area contributed by atoms with Crippen molar-refractivity contribution in [3.05, 3.63) is 0 Å². The standard InChI is InChI=1S/C13H29NO2/c1-11(2)12(9-16-5)14-8-6-7-13(3,4)10-15/h11-12,14-15H,6-10H2,1-5H3. The predicted octanol–water partition coefficient (Wildman–Crippen LogP) is 2.05. The molecule has 0 aromatic rings. The van der Waals surface area contributed by atoms with E-state index in [2.05, 4.69) is 33.0 Å². The van der Waals surface area contributed by atoms with Crippen molar-refractivity contribution in [2.75, 3.05) is 26.9 Å². The van der Waals surface area contributed by atoms with E-state index in [1.807, 2.05) is 0 Å². The summed E-state index contributed by atoms with van der Waals surface area (Å²) in [4.78, 5) is 0. The number of aliphatic hydroxyl groups excluding tert-OH is 1. The summed E-state index contributed by atoms with van der Waals surface area (Å²) in [6.07, 6.45) is 2.15. The van der Waals surface area contributed by atoms with E-state index in [1.165, 1.54) is 0 Å². The van der Waals surface area contributed by atoms with Crippen LogP contribution in [-0.2, 0) is 4.74 Å². The van der Waals surface area contributed by atoms with Gasteiger partial charge in [-0.3, -0.25) is 0 Å². The van der Waals surface area contributed by atoms with E-state index in [-0.39, 0.29) is 12.0 Å². The van der Waals surface area contributed by atoms with Gasteiger partial charge < -0.3 is 15.2 Å². The van der Waals surface area contributed by atoms with Crippen LogP contribution in [0.15, 0.2) is 0 Å². The smallest absolute Gasteiger partial charge is 0.0618 e. The lowest BCUT2D eigenvalue weighted by molar-refractivity contribution is 0.137. The quantitative estimate of drug-likeness (QED) is 0.597. The maximum atomic E-state index is 9.13. The third kappa shape index (κ3) is 7.20. The van der Waals surface area contributed by atoms with Crippen LogP contribution < -0.4 is 5.32 Å². The van der Waals surface area contributed by atoms with Gasteiger partial charge in [-0.25, -0.2) is 0 Å². The summed E-state index contributed by atoms with van der Waals surface area (Å²) in [7, 11) is 1.74. The molecule has 1 atom stereocenters. The Morgan fingerprint density at radius 2 is 1.94 bits per heavy atom. The molecule has 0 amide bonds. The van der Waals surface area contributed by atoms with Crippen molar-refractivity contribution in [2.45, 2.75) is 46.6 Å². The zero-order chi connectivity index (χ0) is 12.6. The number of hydrogen-bond acceptors (Lipinski definition) is 3. The van der Waals surface area contributed by atoms with E-state index in [1.54, 1.807) is 7.11 Å². The number of ether oxygens (including phenoxy) is 1. The number of rotatable bonds is 9. The average Bonchev–Trinajstić information content (AvgIpc) is 2.22. The Bertz CT molecular complexity index is 169. The summed E-state index contributed by atoms with van der Waals surface area (Å²) < 4.78 is 5.18. The maximum Gasteiger partial charge on any atom is 0.0618 e. The van der Waals surface area contributed by atoms with E-state index < -0.39 is 0 Å². The first kappa shape index (κ1) is 15.9. The first-order valence-electron chi connectivity index (χ1n) is 6.26. The molecule has 0 bridgehead atoms. The highest BCUT2D eigenvalue weighted by Gasteiger charge is 2.16. The van der Waals surface area contributed by atoms with Crippen molar-refractivity contribution in [2.24, 2.45) is 11.3 Å². The molecule has 0 saturated carbocycles. The Labute approximate surface area is 101 Å². The van der Waals surface area contributed by atoms with Crippen molar-refractivity contribution in [3.63, 3.8) is 0 Å². The normalized spacial score (nSPS) is 14.4. The van der Waals surface area contributed by atoms with Crippen LogP contribution in [0.1, 0.15) is 40.5 Å². The van der Waals surface area contributed by atoms with Gasteiger partial charge >= 0.3 is 0 Å². The zero-order valence-corrected chi connectivity index (χ0v) is 11.5. The van der Waals surface area contributed by atoms with Crippen LogP contribution in [0, 0.1) is 11.3 Å². The van der Waals surface area contributed by atoms with Crippen LogP contribution in [0.2, 0.25) is 0 Å². The summed E-state index contributed by atoms with van der Waals surface area (Å²) in [5.74, 6) is 0.589. The highest BCUT2D eigenvalue weighted by Crippen LogP contribution is 2.20. The molecule has 0 saturated heterocycles. The molecule has 0 spiro atoms. The largest absolute Gasteiger partial charge is 0.396 e. The van der Waals surface area contributed by atoms with Gasteiger partial charge in [-0.05, 0) is 30.7 Å². The van der Waals surface area contributed by atoms with Crippen LogP contribution in [0.3, 0.4) is 0 Å². The monoisotopic (exact) mass is 231 g/mol. The van der Waals surface area contributed by atoms with Gasteiger partial charge in [0.1, 0.15) is 0 Å². The summed E-state index contributed by atoms with van der Waals surface area (Å²) in [5.41, 5.74) is 0.0518. The van der Waals surface area contributed by atoms with Crippen molar-refractivity contribution in [1.29, 1.82) is 0 Å². The van der Waals surface area contributed by atoms with Crippen molar-refractivity contribution >= 4 is 0 Å². The third-order valence-electron chi connectivity index (χ3n) is 3.02. The van der Waals surface area contributed by atoms with E-state index in [4.69, 9.17) is 9.84 Å². The summed E-state index contributed by atoms with van der Waals surface area (Å²) in [5, 5.41) is 12.6. The molecule has 0 heterocycles. The van der Waals surface area contributed by atoms with E-state index in [0.29, 0.717) is 12.0 Å². The molecule has 1 unspecified atom stereocenters. The van der Waals surface area contributed by atoms with Gasteiger partial charge in [0.05, 0.1) is 6.61 Å². The Morgan fingerprint density at radius 1 is 1.31 bits per heavy atom. The lowest BCUT2D eigenvalue weighted by Gasteiger charge is -2.24. The second kappa shape index (κ2) is 8.04. The fraction of sp³-hybridized carbons (Fsp3) is 1.00. The van der Waals surface area contributed by atoms with Gasteiger partial charge in [0.15, 0.2) is 0 Å². The van der Waals surface area contributed by atoms with E-state index in [9.17, 15) is 0 Å². The third-order valence-corrected chi connectivity index (χ3v) is 3.02. The molecule has 0 fully saturated rings. The molecule has 0 aromatic carbocycles. The van der Waals surface area contributed by atoms with Gasteiger partial charge in [0.2, 0.25) is 0 Å². The summed E-state index contributed by atoms with van der Waals surface area (Å²) in [6, 6.07) is 0.433. The molecule has 0 radical (unpaired) electrons. The summed E-state index contributed by atoms with van der Waals surface area (Å²) >= 11 is 0. The van der Waals surface area contributed by atoms with E-state index >= 15 is 0 Å². The first-order chi connectivity index (χ1) is 7.43. The zero-order valence-electron chi connectivity index (χ0n) is 11.5.